The molecule has 1 aromatic heterocycles. The summed E-state index contributed by atoms with van der Waals surface area (Å²) in [7, 11) is 0. The zero-order valence-corrected chi connectivity index (χ0v) is 29.3. The molecule has 12 heteroatoms. The number of nitro groups is 1. The van der Waals surface area contributed by atoms with E-state index in [2.05, 4.69) is 25.4 Å². The molecule has 7 rings (SSSR count). The predicted octanol–water partition coefficient (Wildman–Crippen LogP) is 7.73. The molecule has 3 aliphatic rings. The number of non-ortho nitro benzene ring substituents is 1. The Morgan fingerprint density at radius 3 is 2.18 bits per heavy atom. The molecule has 0 spiro atoms. The van der Waals surface area contributed by atoms with E-state index in [1.165, 1.54) is 12.1 Å². The highest BCUT2D eigenvalue weighted by atomic mass is 35.5. The van der Waals surface area contributed by atoms with Crippen molar-refractivity contribution in [3.8, 4) is 22.4 Å². The third-order valence-corrected chi connectivity index (χ3v) is 11.0. The molecule has 1 aliphatic carbocycles. The number of carbonyl (C=O) groups excluding carboxylic acids is 1. The number of anilines is 2. The molecule has 2 aliphatic heterocycles. The molecule has 3 aromatic carbocycles. The molecule has 4 aromatic rings. The van der Waals surface area contributed by atoms with Crippen LogP contribution in [0.15, 0.2) is 79.0 Å². The summed E-state index contributed by atoms with van der Waals surface area (Å²) in [5.41, 5.74) is 4.50. The highest BCUT2D eigenvalue weighted by Gasteiger charge is 2.32. The zero-order chi connectivity index (χ0) is 35.3. The van der Waals surface area contributed by atoms with Crippen molar-refractivity contribution >= 4 is 34.8 Å². The largest absolute Gasteiger partial charge is 0.371 e. The number of benzene rings is 3. The Morgan fingerprint density at radius 2 is 1.49 bits per heavy atom. The summed E-state index contributed by atoms with van der Waals surface area (Å²) in [5, 5.41) is 18.3. The van der Waals surface area contributed by atoms with Gasteiger partial charge in [-0.1, -0.05) is 41.9 Å². The van der Waals surface area contributed by atoms with Crippen LogP contribution in [-0.2, 0) is 4.79 Å². The van der Waals surface area contributed by atoms with E-state index in [1.807, 2.05) is 36.4 Å². The van der Waals surface area contributed by atoms with Gasteiger partial charge in [0.15, 0.2) is 0 Å². The zero-order valence-electron chi connectivity index (χ0n) is 28.5. The van der Waals surface area contributed by atoms with Gasteiger partial charge in [0.25, 0.3) is 5.69 Å². The summed E-state index contributed by atoms with van der Waals surface area (Å²) in [6.45, 7) is 3.74. The van der Waals surface area contributed by atoms with E-state index in [0.717, 1.165) is 99.9 Å². The Hall–Kier alpha value is -4.61. The van der Waals surface area contributed by atoms with Gasteiger partial charge in [-0.3, -0.25) is 14.9 Å². The van der Waals surface area contributed by atoms with Gasteiger partial charge in [-0.25, -0.2) is 14.4 Å². The van der Waals surface area contributed by atoms with Gasteiger partial charge in [-0.05, 0) is 106 Å². The van der Waals surface area contributed by atoms with Crippen LogP contribution in [0, 0.1) is 21.8 Å². The highest BCUT2D eigenvalue weighted by Crippen LogP contribution is 2.32. The van der Waals surface area contributed by atoms with Crippen LogP contribution in [0.4, 0.5) is 21.7 Å². The Balaban J connectivity index is 0.846. The summed E-state index contributed by atoms with van der Waals surface area (Å²) in [4.78, 5) is 38.0. The van der Waals surface area contributed by atoms with Gasteiger partial charge in [-0.15, -0.1) is 0 Å². The van der Waals surface area contributed by atoms with E-state index in [4.69, 9.17) is 16.6 Å². The number of amides is 1. The van der Waals surface area contributed by atoms with E-state index in [1.54, 1.807) is 30.5 Å². The Labute approximate surface area is 302 Å². The van der Waals surface area contributed by atoms with Crippen LogP contribution in [0.5, 0.6) is 0 Å². The molecule has 51 heavy (non-hydrogen) atoms. The lowest BCUT2D eigenvalue weighted by Crippen LogP contribution is -2.50. The van der Waals surface area contributed by atoms with E-state index in [0.29, 0.717) is 22.7 Å². The molecule has 0 unspecified atom stereocenters. The van der Waals surface area contributed by atoms with Gasteiger partial charge in [0, 0.05) is 60.5 Å². The Bertz CT molecular complexity index is 1820. The predicted molar refractivity (Wildman–Crippen MR) is 198 cm³/mol. The van der Waals surface area contributed by atoms with Crippen LogP contribution < -0.4 is 15.5 Å². The standard InChI is InChI=1S/C39H43ClFN7O3/c40-36-25-42-39(45-37(36)29-3-1-2-28(24-29)26-4-6-30(41)7-5-26)44-32-10-8-31(9-11-32)43-38(49)27-16-20-46(21-17-27)34-18-22-47(23-19-34)33-12-14-35(15-13-33)48(50)51/h1-7,12-15,24-25,27,31-32,34H,8-11,16-23H2,(H,43,49)(H,42,44,45). The lowest BCUT2D eigenvalue weighted by Gasteiger charge is -2.42. The maximum absolute atomic E-state index is 13.4. The topological polar surface area (TPSA) is 117 Å². The summed E-state index contributed by atoms with van der Waals surface area (Å²) >= 11 is 6.55. The number of rotatable bonds is 9. The Morgan fingerprint density at radius 1 is 0.824 bits per heavy atom. The molecule has 266 valence electrons. The van der Waals surface area contributed by atoms with Crippen LogP contribution in [0.25, 0.3) is 22.4 Å². The molecule has 0 atom stereocenters. The summed E-state index contributed by atoms with van der Waals surface area (Å²) in [5.74, 6) is 0.497. The van der Waals surface area contributed by atoms with Crippen LogP contribution in [0.3, 0.4) is 0 Å². The number of hydrogen-bond donors (Lipinski definition) is 2. The maximum Gasteiger partial charge on any atom is 0.269 e. The minimum Gasteiger partial charge on any atom is -0.371 e. The van der Waals surface area contributed by atoms with E-state index in [9.17, 15) is 19.3 Å². The van der Waals surface area contributed by atoms with Gasteiger partial charge in [0.2, 0.25) is 11.9 Å². The van der Waals surface area contributed by atoms with Gasteiger partial charge >= 0.3 is 0 Å². The van der Waals surface area contributed by atoms with Gasteiger partial charge in [0.1, 0.15) is 5.82 Å². The minimum atomic E-state index is -0.363. The molecule has 2 N–H and O–H groups in total. The van der Waals surface area contributed by atoms with E-state index in [-0.39, 0.29) is 40.3 Å². The summed E-state index contributed by atoms with van der Waals surface area (Å²) in [6, 6.07) is 22.0. The highest BCUT2D eigenvalue weighted by molar-refractivity contribution is 6.32. The fourth-order valence-corrected chi connectivity index (χ4v) is 8.01. The number of halogens is 2. The molecular weight excluding hydrogens is 669 g/mol. The number of carbonyl (C=O) groups is 1. The second kappa shape index (κ2) is 15.7. The number of aromatic nitrogens is 2. The van der Waals surface area contributed by atoms with Crippen molar-refractivity contribution in [2.24, 2.45) is 5.92 Å². The molecular formula is C39H43ClFN7O3. The molecule has 10 nitrogen and oxygen atoms in total. The van der Waals surface area contributed by atoms with Crippen molar-refractivity contribution in [3.05, 3.63) is 99.9 Å². The first kappa shape index (κ1) is 34.8. The van der Waals surface area contributed by atoms with Crippen LogP contribution in [0.1, 0.15) is 51.4 Å². The number of nitro benzene ring substituents is 1. The van der Waals surface area contributed by atoms with Gasteiger partial charge < -0.3 is 20.4 Å². The summed E-state index contributed by atoms with van der Waals surface area (Å²) < 4.78 is 13.4. The van der Waals surface area contributed by atoms with Crippen LogP contribution in [0.2, 0.25) is 5.02 Å². The van der Waals surface area contributed by atoms with Crippen LogP contribution >= 0.6 is 11.6 Å². The second-order valence-corrected chi connectivity index (χ2v) is 14.4. The average Bonchev–Trinajstić information content (AvgIpc) is 3.17. The lowest BCUT2D eigenvalue weighted by atomic mass is 9.89. The first-order chi connectivity index (χ1) is 24.8. The second-order valence-electron chi connectivity index (χ2n) is 14.0. The van der Waals surface area contributed by atoms with E-state index >= 15 is 0 Å². The normalized spacial score (nSPS) is 20.5. The van der Waals surface area contributed by atoms with Gasteiger partial charge in [0.05, 0.1) is 21.8 Å². The summed E-state index contributed by atoms with van der Waals surface area (Å²) in [6.07, 6.45) is 9.11. The van der Waals surface area contributed by atoms with Crippen molar-refractivity contribution in [2.45, 2.75) is 69.5 Å². The minimum absolute atomic E-state index is 0.0553. The third-order valence-electron chi connectivity index (χ3n) is 10.8. The molecule has 3 heterocycles. The molecule has 0 bridgehead atoms. The fourth-order valence-electron chi connectivity index (χ4n) is 7.81. The first-order valence-electron chi connectivity index (χ1n) is 18.0. The quantitative estimate of drug-likeness (QED) is 0.134. The number of piperidine rings is 2. The molecule has 2 saturated heterocycles. The molecule has 3 fully saturated rings. The average molecular weight is 712 g/mol. The van der Waals surface area contributed by atoms with Crippen molar-refractivity contribution < 1.29 is 14.1 Å². The number of likely N-dealkylation sites (tertiary alicyclic amines) is 1. The molecule has 1 amide bonds. The maximum atomic E-state index is 13.4. The van der Waals surface area contributed by atoms with Gasteiger partial charge in [-0.2, -0.15) is 0 Å². The van der Waals surface area contributed by atoms with Crippen molar-refractivity contribution in [3.63, 3.8) is 0 Å². The SMILES string of the molecule is O=C(NC1CCC(Nc2ncc(Cl)c(-c3cccc(-c4ccc(F)cc4)c3)n2)CC1)C1CCN(C2CCN(c3ccc([N+](=O)[O-])cc3)CC2)CC1. The van der Waals surface area contributed by atoms with Crippen molar-refractivity contribution in [2.75, 3.05) is 36.4 Å². The van der Waals surface area contributed by atoms with E-state index < -0.39 is 0 Å². The fraction of sp³-hybridized carbons (Fsp3) is 0.410. The third kappa shape index (κ3) is 8.48. The van der Waals surface area contributed by atoms with Crippen LogP contribution in [-0.4, -0.2) is 70.0 Å². The van der Waals surface area contributed by atoms with Crippen molar-refractivity contribution in [1.82, 2.24) is 20.2 Å². The molecule has 1 saturated carbocycles. The lowest BCUT2D eigenvalue weighted by molar-refractivity contribution is -0.384. The Kier molecular flexibility index (Phi) is 10.7. The number of nitrogens with one attached hydrogen (secondary N) is 2. The number of hydrogen-bond acceptors (Lipinski definition) is 8. The smallest absolute Gasteiger partial charge is 0.269 e. The number of nitrogens with zero attached hydrogens (tertiary/aromatic N) is 5. The first-order valence-corrected chi connectivity index (χ1v) is 18.4. The monoisotopic (exact) mass is 711 g/mol. The molecule has 0 radical (unpaired) electrons. The van der Waals surface area contributed by atoms with Crippen molar-refractivity contribution in [1.29, 1.82) is 0 Å².